The van der Waals surface area contributed by atoms with Crippen LogP contribution in [0.3, 0.4) is 0 Å². The maximum Gasteiger partial charge on any atom is 0.170 e. The van der Waals surface area contributed by atoms with E-state index in [0.29, 0.717) is 5.92 Å². The molecule has 0 radical (unpaired) electrons. The summed E-state index contributed by atoms with van der Waals surface area (Å²) in [5, 5.41) is 12.1. The Kier molecular flexibility index (Phi) is 5.67. The van der Waals surface area contributed by atoms with Crippen molar-refractivity contribution in [3.63, 3.8) is 0 Å². The molecule has 1 aliphatic heterocycles. The van der Waals surface area contributed by atoms with Crippen LogP contribution in [-0.4, -0.2) is 44.7 Å². The summed E-state index contributed by atoms with van der Waals surface area (Å²) in [7, 11) is 0. The Morgan fingerprint density at radius 1 is 1.24 bits per heavy atom. The molecule has 3 rings (SSSR count). The van der Waals surface area contributed by atoms with Crippen molar-refractivity contribution < 1.29 is 0 Å². The Hall–Kier alpha value is -1.50. The first-order valence-electron chi connectivity index (χ1n) is 7.12. The van der Waals surface area contributed by atoms with E-state index in [1.165, 1.54) is 12.8 Å². The van der Waals surface area contributed by atoms with E-state index in [1.807, 2.05) is 35.0 Å². The summed E-state index contributed by atoms with van der Waals surface area (Å²) in [6, 6.07) is 10.00. The molecule has 1 saturated heterocycles. The fraction of sp³-hybridized carbons (Fsp3) is 0.500. The zero-order chi connectivity index (χ0) is 13.8. The summed E-state index contributed by atoms with van der Waals surface area (Å²) in [5.41, 5.74) is 6.79. The fourth-order valence-corrected chi connectivity index (χ4v) is 2.76. The molecule has 0 saturated carbocycles. The molecule has 1 aromatic heterocycles. The van der Waals surface area contributed by atoms with Gasteiger partial charge in [-0.15, -0.1) is 17.5 Å². The highest BCUT2D eigenvalue weighted by atomic mass is 35.5. The van der Waals surface area contributed by atoms with Crippen LogP contribution < -0.4 is 5.73 Å². The minimum Gasteiger partial charge on any atom is -0.330 e. The van der Waals surface area contributed by atoms with E-state index in [9.17, 15) is 0 Å². The van der Waals surface area contributed by atoms with E-state index in [2.05, 4.69) is 20.4 Å². The summed E-state index contributed by atoms with van der Waals surface area (Å²) in [6.45, 7) is 3.68. The second kappa shape index (κ2) is 7.49. The van der Waals surface area contributed by atoms with Crippen molar-refractivity contribution >= 4 is 12.4 Å². The van der Waals surface area contributed by atoms with E-state index < -0.39 is 0 Å². The van der Waals surface area contributed by atoms with Gasteiger partial charge in [0.05, 0.1) is 12.2 Å². The molecular weight excluding hydrogens is 288 g/mol. The number of likely N-dealkylation sites (tertiary alicyclic amines) is 1. The number of hydrogen-bond acceptors (Lipinski definition) is 5. The molecule has 1 fully saturated rings. The maximum atomic E-state index is 5.79. The molecule has 1 aliphatic rings. The first kappa shape index (κ1) is 15.9. The molecule has 0 spiro atoms. The van der Waals surface area contributed by atoms with E-state index in [-0.39, 0.29) is 12.4 Å². The van der Waals surface area contributed by atoms with Gasteiger partial charge >= 0.3 is 0 Å². The monoisotopic (exact) mass is 308 g/mol. The number of nitrogens with two attached hydrogens (primary N) is 1. The van der Waals surface area contributed by atoms with E-state index in [4.69, 9.17) is 5.73 Å². The molecule has 1 aromatic carbocycles. The highest BCUT2D eigenvalue weighted by molar-refractivity contribution is 5.85. The highest BCUT2D eigenvalue weighted by Gasteiger charge is 2.21. The number of tetrazole rings is 1. The Bertz CT molecular complexity index is 543. The third kappa shape index (κ3) is 3.78. The summed E-state index contributed by atoms with van der Waals surface area (Å²) < 4.78 is 1.81. The normalized spacial score (nSPS) is 19.2. The van der Waals surface area contributed by atoms with Crippen molar-refractivity contribution in [3.8, 4) is 5.69 Å². The first-order chi connectivity index (χ1) is 9.86. The molecule has 2 heterocycles. The topological polar surface area (TPSA) is 72.9 Å². The molecule has 0 amide bonds. The lowest BCUT2D eigenvalue weighted by Crippen LogP contribution is -2.38. The van der Waals surface area contributed by atoms with Crippen LogP contribution >= 0.6 is 12.4 Å². The minimum atomic E-state index is 0. The van der Waals surface area contributed by atoms with Gasteiger partial charge in [-0.1, -0.05) is 18.2 Å². The summed E-state index contributed by atoms with van der Waals surface area (Å²) in [6.07, 6.45) is 2.44. The second-order valence-electron chi connectivity index (χ2n) is 5.32. The average Bonchev–Trinajstić information content (AvgIpc) is 2.96. The van der Waals surface area contributed by atoms with Gasteiger partial charge < -0.3 is 5.73 Å². The third-order valence-electron chi connectivity index (χ3n) is 3.84. The van der Waals surface area contributed by atoms with Gasteiger partial charge in [0.1, 0.15) is 0 Å². The quantitative estimate of drug-likeness (QED) is 0.920. The smallest absolute Gasteiger partial charge is 0.170 e. The van der Waals surface area contributed by atoms with Gasteiger partial charge in [-0.25, -0.2) is 0 Å². The van der Waals surface area contributed by atoms with E-state index in [1.54, 1.807) is 0 Å². The Balaban J connectivity index is 0.00000161. The number of halogens is 1. The molecule has 0 bridgehead atoms. The van der Waals surface area contributed by atoms with Crippen LogP contribution in [0.15, 0.2) is 30.3 Å². The predicted octanol–water partition coefficient (Wildman–Crippen LogP) is 1.25. The summed E-state index contributed by atoms with van der Waals surface area (Å²) in [5.74, 6) is 1.48. The van der Waals surface area contributed by atoms with Crippen molar-refractivity contribution in [1.82, 2.24) is 25.1 Å². The van der Waals surface area contributed by atoms with Crippen LogP contribution in [0.1, 0.15) is 18.7 Å². The van der Waals surface area contributed by atoms with Crippen molar-refractivity contribution in [3.05, 3.63) is 36.2 Å². The SMILES string of the molecule is Cl.NCC1CCCN(Cc2nnnn2-c2ccccc2)C1. The van der Waals surface area contributed by atoms with Crippen LogP contribution in [0.2, 0.25) is 0 Å². The molecule has 6 nitrogen and oxygen atoms in total. The van der Waals surface area contributed by atoms with Crippen molar-refractivity contribution in [2.45, 2.75) is 19.4 Å². The molecular formula is C14H21ClN6. The fourth-order valence-electron chi connectivity index (χ4n) is 2.76. The van der Waals surface area contributed by atoms with E-state index in [0.717, 1.165) is 37.7 Å². The number of aromatic nitrogens is 4. The Labute approximate surface area is 130 Å². The van der Waals surface area contributed by atoms with Crippen LogP contribution in [0.4, 0.5) is 0 Å². The number of piperidine rings is 1. The van der Waals surface area contributed by atoms with Crippen molar-refractivity contribution in [1.29, 1.82) is 0 Å². The predicted molar refractivity (Wildman–Crippen MR) is 83.5 cm³/mol. The number of benzene rings is 1. The zero-order valence-electron chi connectivity index (χ0n) is 11.9. The lowest BCUT2D eigenvalue weighted by molar-refractivity contribution is 0.166. The molecule has 1 atom stereocenters. The van der Waals surface area contributed by atoms with Crippen molar-refractivity contribution in [2.24, 2.45) is 11.7 Å². The molecule has 7 heteroatoms. The molecule has 1 unspecified atom stereocenters. The van der Waals surface area contributed by atoms with Gasteiger partial charge in [-0.3, -0.25) is 4.90 Å². The Morgan fingerprint density at radius 3 is 2.81 bits per heavy atom. The van der Waals surface area contributed by atoms with Crippen LogP contribution in [-0.2, 0) is 6.54 Å². The zero-order valence-corrected chi connectivity index (χ0v) is 12.7. The van der Waals surface area contributed by atoms with E-state index >= 15 is 0 Å². The Morgan fingerprint density at radius 2 is 2.05 bits per heavy atom. The lowest BCUT2D eigenvalue weighted by atomic mass is 9.98. The number of nitrogens with zero attached hydrogens (tertiary/aromatic N) is 5. The maximum absolute atomic E-state index is 5.79. The minimum absolute atomic E-state index is 0. The summed E-state index contributed by atoms with van der Waals surface area (Å²) in [4.78, 5) is 2.40. The molecule has 2 N–H and O–H groups in total. The first-order valence-corrected chi connectivity index (χ1v) is 7.12. The largest absolute Gasteiger partial charge is 0.330 e. The average molecular weight is 309 g/mol. The van der Waals surface area contributed by atoms with Crippen molar-refractivity contribution in [2.75, 3.05) is 19.6 Å². The molecule has 114 valence electrons. The lowest BCUT2D eigenvalue weighted by Gasteiger charge is -2.31. The van der Waals surface area contributed by atoms with Crippen LogP contribution in [0.25, 0.3) is 5.69 Å². The van der Waals surface area contributed by atoms with Crippen LogP contribution in [0, 0.1) is 5.92 Å². The van der Waals surface area contributed by atoms with Gasteiger partial charge in [-0.2, -0.15) is 4.68 Å². The number of rotatable bonds is 4. The van der Waals surface area contributed by atoms with Gasteiger partial charge in [0.2, 0.25) is 0 Å². The highest BCUT2D eigenvalue weighted by Crippen LogP contribution is 2.17. The second-order valence-corrected chi connectivity index (χ2v) is 5.32. The number of hydrogen-bond donors (Lipinski definition) is 1. The van der Waals surface area contributed by atoms with Gasteiger partial charge in [-0.05, 0) is 54.4 Å². The van der Waals surface area contributed by atoms with Gasteiger partial charge in [0.15, 0.2) is 5.82 Å². The summed E-state index contributed by atoms with van der Waals surface area (Å²) >= 11 is 0. The third-order valence-corrected chi connectivity index (χ3v) is 3.84. The van der Waals surface area contributed by atoms with Crippen LogP contribution in [0.5, 0.6) is 0 Å². The van der Waals surface area contributed by atoms with Gasteiger partial charge in [0.25, 0.3) is 0 Å². The molecule has 2 aromatic rings. The molecule has 21 heavy (non-hydrogen) atoms. The standard InChI is InChI=1S/C14H20N6.ClH/c15-9-12-5-4-8-19(10-12)11-14-16-17-18-20(14)13-6-2-1-3-7-13;/h1-3,6-7,12H,4-5,8-11,15H2;1H. The number of para-hydroxylation sites is 1. The van der Waals surface area contributed by atoms with Gasteiger partial charge in [0, 0.05) is 6.54 Å². The molecule has 0 aliphatic carbocycles.